The van der Waals surface area contributed by atoms with Gasteiger partial charge in [-0.1, -0.05) is 6.07 Å². The van der Waals surface area contributed by atoms with E-state index in [9.17, 15) is 13.6 Å². The highest BCUT2D eigenvalue weighted by Gasteiger charge is 2.07. The Balaban J connectivity index is 0.00000144. The summed E-state index contributed by atoms with van der Waals surface area (Å²) in [6.45, 7) is 1.23. The van der Waals surface area contributed by atoms with Crippen LogP contribution in [0.1, 0.15) is 6.92 Å². The molecule has 0 spiro atoms. The van der Waals surface area contributed by atoms with Crippen LogP contribution in [0.15, 0.2) is 18.2 Å². The number of halogens is 3. The number of rotatable bonds is 1. The van der Waals surface area contributed by atoms with Gasteiger partial charge in [-0.15, -0.1) is 12.4 Å². The summed E-state index contributed by atoms with van der Waals surface area (Å²) in [5.41, 5.74) is -0.137. The van der Waals surface area contributed by atoms with Crippen LogP contribution in [0.25, 0.3) is 0 Å². The number of hydrogen-bond acceptors (Lipinski definition) is 1. The number of carbonyl (C=O) groups is 1. The zero-order valence-electron chi connectivity index (χ0n) is 6.80. The number of nitrogens with one attached hydrogen (secondary N) is 1. The third-order valence-electron chi connectivity index (χ3n) is 1.26. The third kappa shape index (κ3) is 2.99. The maximum atomic E-state index is 12.8. The highest BCUT2D eigenvalue weighted by atomic mass is 35.5. The van der Waals surface area contributed by atoms with Crippen molar-refractivity contribution >= 4 is 24.0 Å². The van der Waals surface area contributed by atoms with Crippen molar-refractivity contribution < 1.29 is 13.6 Å². The number of amides is 1. The Morgan fingerprint density at radius 2 is 2.00 bits per heavy atom. The zero-order valence-corrected chi connectivity index (χ0v) is 7.62. The summed E-state index contributed by atoms with van der Waals surface area (Å²) in [5, 5.41) is 2.16. The minimum atomic E-state index is -1.03. The van der Waals surface area contributed by atoms with Gasteiger partial charge in [0.05, 0.1) is 5.69 Å². The van der Waals surface area contributed by atoms with Crippen molar-refractivity contribution in [3.63, 3.8) is 0 Å². The molecule has 0 aliphatic carbocycles. The molecule has 1 amide bonds. The second-order valence-electron chi connectivity index (χ2n) is 2.28. The SMILES string of the molecule is CC(=O)Nc1cccc(F)c1F.Cl. The molecule has 1 aromatic carbocycles. The van der Waals surface area contributed by atoms with Gasteiger partial charge in [-0.05, 0) is 12.1 Å². The van der Waals surface area contributed by atoms with E-state index >= 15 is 0 Å². The van der Waals surface area contributed by atoms with E-state index in [0.717, 1.165) is 6.07 Å². The maximum absolute atomic E-state index is 12.8. The average Bonchev–Trinajstić information content (AvgIpc) is 1.98. The number of anilines is 1. The van der Waals surface area contributed by atoms with Crippen molar-refractivity contribution in [2.45, 2.75) is 6.92 Å². The van der Waals surface area contributed by atoms with Crippen molar-refractivity contribution in [3.05, 3.63) is 29.8 Å². The fourth-order valence-electron chi connectivity index (χ4n) is 0.790. The second kappa shape index (κ2) is 4.77. The van der Waals surface area contributed by atoms with Crippen LogP contribution in [0.3, 0.4) is 0 Å². The zero-order chi connectivity index (χ0) is 9.14. The molecule has 0 unspecified atom stereocenters. The van der Waals surface area contributed by atoms with E-state index in [4.69, 9.17) is 0 Å². The molecule has 0 saturated carbocycles. The molecule has 0 aliphatic rings. The molecule has 1 N–H and O–H groups in total. The summed E-state index contributed by atoms with van der Waals surface area (Å²) in [5.74, 6) is -2.44. The van der Waals surface area contributed by atoms with E-state index in [-0.39, 0.29) is 18.1 Å². The summed E-state index contributed by atoms with van der Waals surface area (Å²) in [4.78, 5) is 10.5. The van der Waals surface area contributed by atoms with Gasteiger partial charge in [-0.3, -0.25) is 4.79 Å². The Hall–Kier alpha value is -1.16. The molecule has 0 radical (unpaired) electrons. The fraction of sp³-hybridized carbons (Fsp3) is 0.125. The minimum absolute atomic E-state index is 0. The quantitative estimate of drug-likeness (QED) is 0.753. The van der Waals surface area contributed by atoms with Gasteiger partial charge in [0.15, 0.2) is 11.6 Å². The van der Waals surface area contributed by atoms with E-state index in [1.54, 1.807) is 0 Å². The van der Waals surface area contributed by atoms with Crippen molar-refractivity contribution in [2.75, 3.05) is 5.32 Å². The lowest BCUT2D eigenvalue weighted by Gasteiger charge is -2.02. The topological polar surface area (TPSA) is 29.1 Å². The van der Waals surface area contributed by atoms with Crippen LogP contribution in [0, 0.1) is 11.6 Å². The molecular formula is C8H8ClF2NO. The van der Waals surface area contributed by atoms with Gasteiger partial charge in [0, 0.05) is 6.92 Å². The Morgan fingerprint density at radius 3 is 2.54 bits per heavy atom. The summed E-state index contributed by atoms with van der Waals surface area (Å²) in [7, 11) is 0. The van der Waals surface area contributed by atoms with Gasteiger partial charge in [0.25, 0.3) is 0 Å². The summed E-state index contributed by atoms with van der Waals surface area (Å²) < 4.78 is 25.3. The molecule has 1 rings (SSSR count). The molecule has 13 heavy (non-hydrogen) atoms. The normalized spacial score (nSPS) is 8.85. The van der Waals surface area contributed by atoms with E-state index in [0.29, 0.717) is 0 Å². The predicted octanol–water partition coefficient (Wildman–Crippen LogP) is 2.35. The van der Waals surface area contributed by atoms with Crippen LogP contribution in [-0.4, -0.2) is 5.91 Å². The molecule has 72 valence electrons. The summed E-state index contributed by atoms with van der Waals surface area (Å²) >= 11 is 0. The molecule has 0 fully saturated rings. The minimum Gasteiger partial charge on any atom is -0.324 e. The molecule has 0 aromatic heterocycles. The van der Waals surface area contributed by atoms with Crippen LogP contribution in [0.4, 0.5) is 14.5 Å². The average molecular weight is 208 g/mol. The second-order valence-corrected chi connectivity index (χ2v) is 2.28. The fourth-order valence-corrected chi connectivity index (χ4v) is 0.790. The lowest BCUT2D eigenvalue weighted by Crippen LogP contribution is -2.08. The summed E-state index contributed by atoms with van der Waals surface area (Å²) in [6, 6.07) is 3.60. The van der Waals surface area contributed by atoms with Crippen molar-refractivity contribution in [3.8, 4) is 0 Å². The Morgan fingerprint density at radius 1 is 1.38 bits per heavy atom. The first-order valence-corrected chi connectivity index (χ1v) is 3.33. The highest BCUT2D eigenvalue weighted by Crippen LogP contribution is 2.15. The molecule has 0 aliphatic heterocycles. The van der Waals surface area contributed by atoms with Crippen LogP contribution in [-0.2, 0) is 4.79 Å². The van der Waals surface area contributed by atoms with Gasteiger partial charge in [-0.2, -0.15) is 0 Å². The maximum Gasteiger partial charge on any atom is 0.221 e. The molecule has 1 aromatic rings. The lowest BCUT2D eigenvalue weighted by molar-refractivity contribution is -0.114. The largest absolute Gasteiger partial charge is 0.324 e. The van der Waals surface area contributed by atoms with Crippen LogP contribution >= 0.6 is 12.4 Å². The first-order valence-electron chi connectivity index (χ1n) is 3.33. The molecule has 0 atom stereocenters. The summed E-state index contributed by atoms with van der Waals surface area (Å²) in [6.07, 6.45) is 0. The van der Waals surface area contributed by atoms with E-state index in [2.05, 4.69) is 5.32 Å². The Kier molecular flexibility index (Phi) is 4.34. The van der Waals surface area contributed by atoms with Crippen molar-refractivity contribution in [2.24, 2.45) is 0 Å². The molecule has 2 nitrogen and oxygen atoms in total. The Labute approximate surface area is 80.4 Å². The molecule has 0 bridgehead atoms. The van der Waals surface area contributed by atoms with Gasteiger partial charge in [-0.25, -0.2) is 8.78 Å². The van der Waals surface area contributed by atoms with Crippen molar-refractivity contribution in [1.29, 1.82) is 0 Å². The number of benzene rings is 1. The first kappa shape index (κ1) is 11.8. The molecule has 5 heteroatoms. The molecule has 0 heterocycles. The van der Waals surface area contributed by atoms with Crippen LogP contribution in [0.5, 0.6) is 0 Å². The lowest BCUT2D eigenvalue weighted by atomic mass is 10.3. The highest BCUT2D eigenvalue weighted by molar-refractivity contribution is 5.88. The van der Waals surface area contributed by atoms with Gasteiger partial charge >= 0.3 is 0 Å². The monoisotopic (exact) mass is 207 g/mol. The van der Waals surface area contributed by atoms with Crippen LogP contribution < -0.4 is 5.32 Å². The third-order valence-corrected chi connectivity index (χ3v) is 1.26. The van der Waals surface area contributed by atoms with Crippen LogP contribution in [0.2, 0.25) is 0 Å². The molecular weight excluding hydrogens is 200 g/mol. The number of carbonyl (C=O) groups excluding carboxylic acids is 1. The molecule has 0 saturated heterocycles. The van der Waals surface area contributed by atoms with E-state index in [1.165, 1.54) is 19.1 Å². The van der Waals surface area contributed by atoms with Gasteiger partial charge in [0.2, 0.25) is 5.91 Å². The predicted molar refractivity (Wildman–Crippen MR) is 47.9 cm³/mol. The Bertz CT molecular complexity index is 317. The van der Waals surface area contributed by atoms with E-state index in [1.807, 2.05) is 0 Å². The van der Waals surface area contributed by atoms with Gasteiger partial charge in [0.1, 0.15) is 0 Å². The van der Waals surface area contributed by atoms with E-state index < -0.39 is 17.5 Å². The standard InChI is InChI=1S/C8H7F2NO.ClH/c1-5(12)11-7-4-2-3-6(9)8(7)10;/h2-4H,1H3,(H,11,12);1H. The van der Waals surface area contributed by atoms with Crippen molar-refractivity contribution in [1.82, 2.24) is 0 Å². The van der Waals surface area contributed by atoms with Gasteiger partial charge < -0.3 is 5.32 Å². The smallest absolute Gasteiger partial charge is 0.221 e. The number of hydrogen-bond donors (Lipinski definition) is 1. The first-order chi connectivity index (χ1) is 5.61.